The van der Waals surface area contributed by atoms with Gasteiger partial charge in [0.1, 0.15) is 5.75 Å². The molecule has 166 valence electrons. The van der Waals surface area contributed by atoms with Crippen molar-refractivity contribution in [2.24, 2.45) is 5.14 Å². The summed E-state index contributed by atoms with van der Waals surface area (Å²) in [6, 6.07) is 13.0. The number of hydrogen-bond acceptors (Lipinski definition) is 5. The molecule has 1 aliphatic rings. The van der Waals surface area contributed by atoms with E-state index in [-0.39, 0.29) is 35.7 Å². The average Bonchev–Trinajstić information content (AvgIpc) is 2.76. The zero-order chi connectivity index (χ0) is 22.6. The summed E-state index contributed by atoms with van der Waals surface area (Å²) < 4.78 is 28.7. The first-order chi connectivity index (χ1) is 14.7. The minimum Gasteiger partial charge on any atom is -0.477 e. The molecule has 2 aromatic carbocycles. The molecular weight excluding hydrogens is 418 g/mol. The SMILES string of the molecule is CCC(CC)NC(=O)C1CN(C(=O)Cc2ccc(S(N)(=O)=O)cc2)c2ccccc2O1. The quantitative estimate of drug-likeness (QED) is 0.675. The van der Waals surface area contributed by atoms with Gasteiger partial charge in [0.05, 0.1) is 23.5 Å². The monoisotopic (exact) mass is 445 g/mol. The number of anilines is 1. The minimum absolute atomic E-state index is 0.0152. The highest BCUT2D eigenvalue weighted by atomic mass is 32.2. The Morgan fingerprint density at radius 1 is 1.13 bits per heavy atom. The number of ether oxygens (including phenoxy) is 1. The normalized spacial score (nSPS) is 15.9. The molecule has 0 saturated heterocycles. The molecular formula is C22H27N3O5S. The van der Waals surface area contributed by atoms with E-state index in [4.69, 9.17) is 9.88 Å². The van der Waals surface area contributed by atoms with Gasteiger partial charge in [-0.2, -0.15) is 0 Å². The summed E-state index contributed by atoms with van der Waals surface area (Å²) in [7, 11) is -3.80. The lowest BCUT2D eigenvalue weighted by molar-refractivity contribution is -0.129. The maximum Gasteiger partial charge on any atom is 0.263 e. The fraction of sp³-hybridized carbons (Fsp3) is 0.364. The van der Waals surface area contributed by atoms with Gasteiger partial charge >= 0.3 is 0 Å². The van der Waals surface area contributed by atoms with Crippen molar-refractivity contribution >= 4 is 27.5 Å². The Kier molecular flexibility index (Phi) is 6.97. The molecule has 0 aliphatic carbocycles. The van der Waals surface area contributed by atoms with Gasteiger partial charge in [-0.1, -0.05) is 38.1 Å². The zero-order valence-corrected chi connectivity index (χ0v) is 18.4. The number of benzene rings is 2. The molecule has 2 aromatic rings. The highest BCUT2D eigenvalue weighted by Crippen LogP contribution is 2.33. The molecule has 2 amide bonds. The van der Waals surface area contributed by atoms with Crippen LogP contribution < -0.4 is 20.1 Å². The molecule has 3 N–H and O–H groups in total. The number of nitrogens with one attached hydrogen (secondary N) is 1. The Balaban J connectivity index is 1.79. The molecule has 3 rings (SSSR count). The summed E-state index contributed by atoms with van der Waals surface area (Å²) in [6.07, 6.45) is 0.843. The van der Waals surface area contributed by atoms with Gasteiger partial charge in [0.15, 0.2) is 6.10 Å². The summed E-state index contributed by atoms with van der Waals surface area (Å²) >= 11 is 0. The van der Waals surface area contributed by atoms with Gasteiger partial charge in [0.2, 0.25) is 15.9 Å². The van der Waals surface area contributed by atoms with E-state index < -0.39 is 16.1 Å². The van der Waals surface area contributed by atoms with Crippen LogP contribution in [0.1, 0.15) is 32.3 Å². The van der Waals surface area contributed by atoms with E-state index in [1.165, 1.54) is 12.1 Å². The van der Waals surface area contributed by atoms with Gasteiger partial charge in [-0.15, -0.1) is 0 Å². The van der Waals surface area contributed by atoms with E-state index in [2.05, 4.69) is 5.32 Å². The molecule has 0 radical (unpaired) electrons. The molecule has 1 atom stereocenters. The minimum atomic E-state index is -3.80. The number of rotatable bonds is 7. The predicted molar refractivity (Wildman–Crippen MR) is 117 cm³/mol. The summed E-state index contributed by atoms with van der Waals surface area (Å²) in [6.45, 7) is 4.10. The highest BCUT2D eigenvalue weighted by Gasteiger charge is 2.34. The summed E-state index contributed by atoms with van der Waals surface area (Å²) in [5.74, 6) is -0.00526. The van der Waals surface area contributed by atoms with Crippen LogP contribution in [0, 0.1) is 0 Å². The van der Waals surface area contributed by atoms with Crippen molar-refractivity contribution in [3.05, 3.63) is 54.1 Å². The third-order valence-electron chi connectivity index (χ3n) is 5.31. The van der Waals surface area contributed by atoms with E-state index in [0.717, 1.165) is 12.8 Å². The zero-order valence-electron chi connectivity index (χ0n) is 17.6. The first kappa shape index (κ1) is 22.8. The summed E-state index contributed by atoms with van der Waals surface area (Å²) in [4.78, 5) is 27.4. The smallest absolute Gasteiger partial charge is 0.263 e. The van der Waals surface area contributed by atoms with E-state index in [9.17, 15) is 18.0 Å². The Hall–Kier alpha value is -2.91. The maximum absolute atomic E-state index is 13.1. The van der Waals surface area contributed by atoms with Crippen LogP contribution >= 0.6 is 0 Å². The molecule has 0 saturated carbocycles. The van der Waals surface area contributed by atoms with Gasteiger partial charge < -0.3 is 15.0 Å². The third-order valence-corrected chi connectivity index (χ3v) is 6.24. The Labute approximate surface area is 182 Å². The van der Waals surface area contributed by atoms with Crippen molar-refractivity contribution in [1.29, 1.82) is 0 Å². The molecule has 1 unspecified atom stereocenters. The van der Waals surface area contributed by atoms with Gasteiger partial charge in [0, 0.05) is 6.04 Å². The standard InChI is InChI=1S/C22H27N3O5S/c1-3-16(4-2)24-22(27)20-14-25(18-7-5-6-8-19(18)30-20)21(26)13-15-9-11-17(12-10-15)31(23,28)29/h5-12,16,20H,3-4,13-14H2,1-2H3,(H,24,27)(H2,23,28,29). The fourth-order valence-corrected chi connectivity index (χ4v) is 3.98. The van der Waals surface area contributed by atoms with Crippen molar-refractivity contribution in [1.82, 2.24) is 5.32 Å². The Morgan fingerprint density at radius 2 is 1.77 bits per heavy atom. The lowest BCUT2D eigenvalue weighted by atomic mass is 10.1. The van der Waals surface area contributed by atoms with Crippen LogP contribution in [0.4, 0.5) is 5.69 Å². The van der Waals surface area contributed by atoms with Crippen LogP contribution in [0.15, 0.2) is 53.4 Å². The van der Waals surface area contributed by atoms with Crippen LogP contribution in [-0.4, -0.2) is 38.9 Å². The number of primary sulfonamides is 1. The predicted octanol–water partition coefficient (Wildman–Crippen LogP) is 1.98. The van der Waals surface area contributed by atoms with E-state index in [1.807, 2.05) is 13.8 Å². The van der Waals surface area contributed by atoms with Gasteiger partial charge in [-0.05, 0) is 42.7 Å². The van der Waals surface area contributed by atoms with E-state index in [0.29, 0.717) is 17.0 Å². The van der Waals surface area contributed by atoms with Crippen LogP contribution in [0.25, 0.3) is 0 Å². The second-order valence-corrected chi connectivity index (χ2v) is 9.03. The molecule has 0 aromatic heterocycles. The van der Waals surface area contributed by atoms with Crippen LogP contribution in [0.2, 0.25) is 0 Å². The number of para-hydroxylation sites is 2. The molecule has 31 heavy (non-hydrogen) atoms. The number of amides is 2. The second kappa shape index (κ2) is 9.49. The van der Waals surface area contributed by atoms with Gasteiger partial charge in [-0.25, -0.2) is 13.6 Å². The highest BCUT2D eigenvalue weighted by molar-refractivity contribution is 7.89. The second-order valence-electron chi connectivity index (χ2n) is 7.47. The number of fused-ring (bicyclic) bond motifs is 1. The molecule has 8 nitrogen and oxygen atoms in total. The molecule has 0 bridgehead atoms. The number of nitrogens with two attached hydrogens (primary N) is 1. The van der Waals surface area contributed by atoms with Crippen molar-refractivity contribution < 1.29 is 22.7 Å². The first-order valence-corrected chi connectivity index (χ1v) is 11.8. The van der Waals surface area contributed by atoms with Crippen molar-refractivity contribution in [2.75, 3.05) is 11.4 Å². The number of hydrogen-bond donors (Lipinski definition) is 2. The first-order valence-electron chi connectivity index (χ1n) is 10.2. The number of carbonyl (C=O) groups is 2. The molecule has 0 fully saturated rings. The Morgan fingerprint density at radius 3 is 2.39 bits per heavy atom. The fourth-order valence-electron chi connectivity index (χ4n) is 3.46. The van der Waals surface area contributed by atoms with E-state index in [1.54, 1.807) is 41.3 Å². The lowest BCUT2D eigenvalue weighted by Gasteiger charge is -2.34. The molecule has 1 aliphatic heterocycles. The van der Waals surface area contributed by atoms with Crippen LogP contribution in [-0.2, 0) is 26.0 Å². The van der Waals surface area contributed by atoms with Crippen LogP contribution in [0.3, 0.4) is 0 Å². The number of sulfonamides is 1. The molecule has 0 spiro atoms. The summed E-state index contributed by atoms with van der Waals surface area (Å²) in [5.41, 5.74) is 1.24. The van der Waals surface area contributed by atoms with E-state index >= 15 is 0 Å². The topological polar surface area (TPSA) is 119 Å². The van der Waals surface area contributed by atoms with Crippen molar-refractivity contribution in [3.63, 3.8) is 0 Å². The molecule has 1 heterocycles. The van der Waals surface area contributed by atoms with Gasteiger partial charge in [-0.3, -0.25) is 9.59 Å². The number of nitrogens with zero attached hydrogens (tertiary/aromatic N) is 1. The van der Waals surface area contributed by atoms with Gasteiger partial charge in [0.25, 0.3) is 5.91 Å². The van der Waals surface area contributed by atoms with Crippen LogP contribution in [0.5, 0.6) is 5.75 Å². The van der Waals surface area contributed by atoms with Crippen molar-refractivity contribution in [3.8, 4) is 5.75 Å². The number of carbonyl (C=O) groups excluding carboxylic acids is 2. The largest absolute Gasteiger partial charge is 0.477 e. The molecule has 9 heteroatoms. The lowest BCUT2D eigenvalue weighted by Crippen LogP contribution is -2.52. The average molecular weight is 446 g/mol. The Bertz CT molecular complexity index is 1050. The maximum atomic E-state index is 13.1. The third kappa shape index (κ3) is 5.42. The van der Waals surface area contributed by atoms with Crippen molar-refractivity contribution in [2.45, 2.75) is 50.2 Å². The summed E-state index contributed by atoms with van der Waals surface area (Å²) in [5, 5.41) is 8.10.